The molecule has 9 heteroatoms. The summed E-state index contributed by atoms with van der Waals surface area (Å²) < 4.78 is 5.29. The summed E-state index contributed by atoms with van der Waals surface area (Å²) in [6.07, 6.45) is 5.52. The highest BCUT2D eigenvalue weighted by atomic mass is 32.2. The number of nitrogens with zero attached hydrogens (tertiary/aromatic N) is 2. The van der Waals surface area contributed by atoms with Crippen LogP contribution in [0.3, 0.4) is 0 Å². The Morgan fingerprint density at radius 1 is 1.23 bits per heavy atom. The third-order valence-electron chi connectivity index (χ3n) is 5.48. The number of esters is 1. The highest BCUT2D eigenvalue weighted by molar-refractivity contribution is 8.00. The molecule has 1 unspecified atom stereocenters. The van der Waals surface area contributed by atoms with Crippen LogP contribution in [0.1, 0.15) is 57.9 Å². The number of hydrogen-bond donors (Lipinski definition) is 1. The van der Waals surface area contributed by atoms with Gasteiger partial charge in [-0.25, -0.2) is 14.8 Å². The fourth-order valence-electron chi connectivity index (χ4n) is 3.75. The third kappa shape index (κ3) is 4.36. The highest BCUT2D eigenvalue weighted by Crippen LogP contribution is 2.40. The lowest BCUT2D eigenvalue weighted by molar-refractivity contribution is -0.115. The van der Waals surface area contributed by atoms with Crippen LogP contribution in [0.2, 0.25) is 0 Å². The summed E-state index contributed by atoms with van der Waals surface area (Å²) in [6.45, 7) is 8.10. The summed E-state index contributed by atoms with van der Waals surface area (Å²) in [7, 11) is 0. The SMILES string of the molecule is CCOC(=O)c1c(NC(=O)C(C)Sc2ncnc3sc(C)c(C)c23)sc2c1CCCC2. The molecule has 3 heterocycles. The molecular weight excluding hydrogens is 450 g/mol. The van der Waals surface area contributed by atoms with Crippen LogP contribution in [-0.2, 0) is 22.4 Å². The van der Waals surface area contributed by atoms with Gasteiger partial charge >= 0.3 is 5.97 Å². The van der Waals surface area contributed by atoms with Gasteiger partial charge in [0.05, 0.1) is 17.4 Å². The fourth-order valence-corrected chi connectivity index (χ4v) is 7.07. The van der Waals surface area contributed by atoms with Crippen molar-refractivity contribution in [3.63, 3.8) is 0 Å². The summed E-state index contributed by atoms with van der Waals surface area (Å²) in [5, 5.41) is 5.07. The molecule has 3 aromatic heterocycles. The Kier molecular flexibility index (Phi) is 6.64. The number of carbonyl (C=O) groups excluding carboxylic acids is 2. The molecule has 31 heavy (non-hydrogen) atoms. The number of nitrogens with one attached hydrogen (secondary N) is 1. The number of fused-ring (bicyclic) bond motifs is 2. The van der Waals surface area contributed by atoms with Gasteiger partial charge in [0.1, 0.15) is 21.2 Å². The van der Waals surface area contributed by atoms with Crippen LogP contribution in [0, 0.1) is 13.8 Å². The fraction of sp³-hybridized carbons (Fsp3) is 0.455. The van der Waals surface area contributed by atoms with Crippen LogP contribution in [0.25, 0.3) is 10.2 Å². The minimum absolute atomic E-state index is 0.148. The van der Waals surface area contributed by atoms with E-state index in [2.05, 4.69) is 29.1 Å². The second-order valence-corrected chi connectivity index (χ2v) is 11.2. The number of thioether (sulfide) groups is 1. The zero-order valence-electron chi connectivity index (χ0n) is 18.0. The van der Waals surface area contributed by atoms with E-state index >= 15 is 0 Å². The predicted octanol–water partition coefficient (Wildman–Crippen LogP) is 5.54. The standard InChI is InChI=1S/C22H25N3O3S3/c1-5-28-22(27)17-14-8-6-7-9-15(14)31-21(17)25-18(26)13(4)30-20-16-11(2)12(3)29-19(16)23-10-24-20/h10,13H,5-9H2,1-4H3,(H,25,26). The summed E-state index contributed by atoms with van der Waals surface area (Å²) >= 11 is 4.57. The molecule has 1 aliphatic rings. The van der Waals surface area contributed by atoms with Crippen molar-refractivity contribution in [2.24, 2.45) is 0 Å². The van der Waals surface area contributed by atoms with Crippen molar-refractivity contribution in [3.8, 4) is 0 Å². The van der Waals surface area contributed by atoms with Crippen LogP contribution in [0.5, 0.6) is 0 Å². The zero-order chi connectivity index (χ0) is 22.1. The number of ether oxygens (including phenoxy) is 1. The highest BCUT2D eigenvalue weighted by Gasteiger charge is 2.28. The molecule has 0 fully saturated rings. The van der Waals surface area contributed by atoms with E-state index in [4.69, 9.17) is 4.74 Å². The van der Waals surface area contributed by atoms with E-state index in [1.807, 2.05) is 6.92 Å². The molecule has 1 amide bonds. The molecular formula is C22H25N3O3S3. The average Bonchev–Trinajstić information content (AvgIpc) is 3.25. The van der Waals surface area contributed by atoms with Crippen molar-refractivity contribution in [1.29, 1.82) is 0 Å². The van der Waals surface area contributed by atoms with Gasteiger partial charge in [0.2, 0.25) is 5.91 Å². The van der Waals surface area contributed by atoms with Crippen LogP contribution >= 0.6 is 34.4 Å². The number of carbonyl (C=O) groups is 2. The molecule has 6 nitrogen and oxygen atoms in total. The van der Waals surface area contributed by atoms with Gasteiger partial charge in [0.25, 0.3) is 0 Å². The molecule has 1 atom stereocenters. The normalized spacial score (nSPS) is 14.3. The number of aromatic nitrogens is 2. The number of aryl methyl sites for hydroxylation is 3. The van der Waals surface area contributed by atoms with E-state index in [9.17, 15) is 9.59 Å². The summed E-state index contributed by atoms with van der Waals surface area (Å²) in [5.74, 6) is -0.495. The molecule has 0 saturated carbocycles. The minimum atomic E-state index is -0.383. The molecule has 164 valence electrons. The van der Waals surface area contributed by atoms with Crippen molar-refractivity contribution in [2.45, 2.75) is 63.7 Å². The van der Waals surface area contributed by atoms with Crippen LogP contribution in [-0.4, -0.2) is 33.7 Å². The van der Waals surface area contributed by atoms with E-state index < -0.39 is 0 Å². The van der Waals surface area contributed by atoms with Crippen LogP contribution in [0.4, 0.5) is 5.00 Å². The predicted molar refractivity (Wildman–Crippen MR) is 128 cm³/mol. The van der Waals surface area contributed by atoms with Crippen molar-refractivity contribution in [2.75, 3.05) is 11.9 Å². The van der Waals surface area contributed by atoms with Gasteiger partial charge in [-0.2, -0.15) is 0 Å². The van der Waals surface area contributed by atoms with Gasteiger partial charge < -0.3 is 10.1 Å². The summed E-state index contributed by atoms with van der Waals surface area (Å²) in [6, 6.07) is 0. The van der Waals surface area contributed by atoms with E-state index in [0.29, 0.717) is 17.2 Å². The first-order valence-corrected chi connectivity index (χ1v) is 12.9. The second kappa shape index (κ2) is 9.26. The van der Waals surface area contributed by atoms with Gasteiger partial charge in [-0.1, -0.05) is 11.8 Å². The Morgan fingerprint density at radius 3 is 2.77 bits per heavy atom. The average molecular weight is 476 g/mol. The lowest BCUT2D eigenvalue weighted by Gasteiger charge is -2.13. The Labute approximate surface area is 193 Å². The molecule has 0 aliphatic heterocycles. The number of amides is 1. The Bertz CT molecular complexity index is 1150. The summed E-state index contributed by atoms with van der Waals surface area (Å²) in [4.78, 5) is 37.9. The van der Waals surface area contributed by atoms with Gasteiger partial charge in [0, 0.05) is 15.1 Å². The molecule has 3 aromatic rings. The van der Waals surface area contributed by atoms with Crippen LogP contribution in [0.15, 0.2) is 11.4 Å². The first-order valence-electron chi connectivity index (χ1n) is 10.4. The molecule has 4 rings (SSSR count). The quantitative estimate of drug-likeness (QED) is 0.286. The van der Waals surface area contributed by atoms with Gasteiger partial charge in [0.15, 0.2) is 0 Å². The molecule has 0 bridgehead atoms. The summed E-state index contributed by atoms with van der Waals surface area (Å²) in [5.41, 5.74) is 2.75. The lowest BCUT2D eigenvalue weighted by Crippen LogP contribution is -2.23. The zero-order valence-corrected chi connectivity index (χ0v) is 20.5. The molecule has 1 aliphatic carbocycles. The maximum Gasteiger partial charge on any atom is 0.341 e. The van der Waals surface area contributed by atoms with Gasteiger partial charge in [-0.3, -0.25) is 4.79 Å². The van der Waals surface area contributed by atoms with E-state index in [-0.39, 0.29) is 17.1 Å². The molecule has 0 radical (unpaired) electrons. The monoisotopic (exact) mass is 475 g/mol. The smallest absolute Gasteiger partial charge is 0.341 e. The van der Waals surface area contributed by atoms with E-state index in [1.165, 1.54) is 32.9 Å². The maximum atomic E-state index is 13.1. The molecule has 1 N–H and O–H groups in total. The first-order chi connectivity index (χ1) is 14.9. The lowest BCUT2D eigenvalue weighted by atomic mass is 9.95. The first kappa shape index (κ1) is 22.2. The van der Waals surface area contributed by atoms with Crippen molar-refractivity contribution in [3.05, 3.63) is 32.8 Å². The van der Waals surface area contributed by atoms with Gasteiger partial charge in [-0.05, 0) is 64.5 Å². The van der Waals surface area contributed by atoms with E-state index in [1.54, 1.807) is 24.6 Å². The maximum absolute atomic E-state index is 13.1. The van der Waals surface area contributed by atoms with E-state index in [0.717, 1.165) is 52.1 Å². The Morgan fingerprint density at radius 2 is 2.00 bits per heavy atom. The van der Waals surface area contributed by atoms with Crippen LogP contribution < -0.4 is 5.32 Å². The third-order valence-corrected chi connectivity index (χ3v) is 8.90. The minimum Gasteiger partial charge on any atom is -0.462 e. The number of thiophene rings is 2. The Hall–Kier alpha value is -1.97. The largest absolute Gasteiger partial charge is 0.462 e. The number of rotatable bonds is 6. The number of anilines is 1. The Balaban J connectivity index is 1.57. The van der Waals surface area contributed by atoms with Crippen molar-refractivity contribution < 1.29 is 14.3 Å². The molecule has 0 aromatic carbocycles. The second-order valence-electron chi connectivity index (χ2n) is 7.53. The molecule has 0 spiro atoms. The van der Waals surface area contributed by atoms with Gasteiger partial charge in [-0.15, -0.1) is 22.7 Å². The topological polar surface area (TPSA) is 81.2 Å². The van der Waals surface area contributed by atoms with Crippen molar-refractivity contribution >= 4 is 61.5 Å². The van der Waals surface area contributed by atoms with Crippen molar-refractivity contribution in [1.82, 2.24) is 9.97 Å². The molecule has 0 saturated heterocycles. The number of hydrogen-bond acceptors (Lipinski definition) is 8.